The quantitative estimate of drug-likeness (QED) is 0.0488. The van der Waals surface area contributed by atoms with Gasteiger partial charge in [0.2, 0.25) is 0 Å². The van der Waals surface area contributed by atoms with Gasteiger partial charge < -0.3 is 21.8 Å². The molecule has 0 radical (unpaired) electrons. The summed E-state index contributed by atoms with van der Waals surface area (Å²) in [7, 11) is 0. The zero-order valence-electron chi connectivity index (χ0n) is 22.6. The monoisotopic (exact) mass is 695 g/mol. The van der Waals surface area contributed by atoms with Crippen LogP contribution < -0.4 is 0 Å². The van der Waals surface area contributed by atoms with Crippen molar-refractivity contribution >= 4 is 47.1 Å². The predicted octanol–water partition coefficient (Wildman–Crippen LogP) is 7.14. The summed E-state index contributed by atoms with van der Waals surface area (Å²) in [5, 5.41) is 2.89. The van der Waals surface area contributed by atoms with E-state index in [1.54, 1.807) is 0 Å². The SMILES string of the molecule is CC(=Nc1ccccc1C)c1cccc(C(C)=Nc2ccccc2C)n1.FC(F)(F)OOO[S-].O=S([O-])OC(F)(F)F.[Fe+2]. The summed E-state index contributed by atoms with van der Waals surface area (Å²) in [5.41, 5.74) is 7.77. The van der Waals surface area contributed by atoms with Gasteiger partial charge in [-0.1, -0.05) is 47.5 Å². The molecular formula is C25H23F6FeN3O6S2. The molecular weight excluding hydrogens is 672 g/mol. The minimum atomic E-state index is -5.09. The summed E-state index contributed by atoms with van der Waals surface area (Å²) in [6.07, 6.45) is -9.95. The van der Waals surface area contributed by atoms with Crippen LogP contribution >= 0.6 is 0 Å². The molecule has 9 nitrogen and oxygen atoms in total. The molecule has 1 heterocycles. The van der Waals surface area contributed by atoms with E-state index in [4.69, 9.17) is 23.7 Å². The maximum Gasteiger partial charge on any atom is 2.00 e. The van der Waals surface area contributed by atoms with Crippen molar-refractivity contribution in [1.82, 2.24) is 4.98 Å². The van der Waals surface area contributed by atoms with Crippen LogP contribution in [0.4, 0.5) is 37.7 Å². The number of aryl methyl sites for hydroxylation is 2. The molecule has 0 fully saturated rings. The van der Waals surface area contributed by atoms with E-state index in [1.807, 2.05) is 68.4 Å². The average molecular weight is 695 g/mol. The third-order valence-corrected chi connectivity index (χ3v) is 5.00. The van der Waals surface area contributed by atoms with Crippen LogP contribution in [0.1, 0.15) is 36.4 Å². The van der Waals surface area contributed by atoms with Crippen molar-refractivity contribution in [3.05, 3.63) is 89.2 Å². The van der Waals surface area contributed by atoms with Crippen molar-refractivity contribution in [2.75, 3.05) is 0 Å². The molecule has 0 aliphatic carbocycles. The minimum Gasteiger partial charge on any atom is -0.750 e. The maximum absolute atomic E-state index is 10.8. The summed E-state index contributed by atoms with van der Waals surface area (Å²) in [6, 6.07) is 22.2. The van der Waals surface area contributed by atoms with Gasteiger partial charge in [-0.25, -0.2) is 13.4 Å². The Labute approximate surface area is 261 Å². The number of rotatable bonds is 7. The van der Waals surface area contributed by atoms with E-state index < -0.39 is 24.1 Å². The Hall–Kier alpha value is -2.67. The molecule has 0 aliphatic heterocycles. The van der Waals surface area contributed by atoms with Crippen LogP contribution in [0, 0.1) is 13.8 Å². The number of hydrogen-bond donors (Lipinski definition) is 0. The number of hydrogen-bond acceptors (Lipinski definition) is 10. The van der Waals surface area contributed by atoms with Gasteiger partial charge >= 0.3 is 29.8 Å². The van der Waals surface area contributed by atoms with Gasteiger partial charge in [0, 0.05) is 0 Å². The Balaban J connectivity index is 0.000000860. The van der Waals surface area contributed by atoms with Crippen LogP contribution in [0.15, 0.2) is 76.7 Å². The fourth-order valence-electron chi connectivity index (χ4n) is 2.82. The molecule has 18 heteroatoms. The number of aliphatic imine (C=N–C) groups is 2. The number of nitrogens with zero attached hydrogens (tertiary/aromatic N) is 3. The van der Waals surface area contributed by atoms with Crippen molar-refractivity contribution in [2.45, 2.75) is 40.4 Å². The number of para-hydroxylation sites is 2. The second kappa shape index (κ2) is 19.6. The van der Waals surface area contributed by atoms with Gasteiger partial charge in [-0.2, -0.15) is 0 Å². The van der Waals surface area contributed by atoms with Crippen LogP contribution in [-0.4, -0.2) is 37.9 Å². The molecule has 0 N–H and O–H groups in total. The van der Waals surface area contributed by atoms with Crippen LogP contribution in [0.3, 0.4) is 0 Å². The summed E-state index contributed by atoms with van der Waals surface area (Å²) < 4.78 is 87.9. The summed E-state index contributed by atoms with van der Waals surface area (Å²) in [5.74, 6) is 0. The smallest absolute Gasteiger partial charge is 0.750 e. The molecule has 43 heavy (non-hydrogen) atoms. The molecule has 236 valence electrons. The van der Waals surface area contributed by atoms with Crippen molar-refractivity contribution in [2.24, 2.45) is 9.98 Å². The summed E-state index contributed by atoms with van der Waals surface area (Å²) in [6.45, 7) is 8.11. The van der Waals surface area contributed by atoms with Gasteiger partial charge in [0.25, 0.3) is 0 Å². The Bertz CT molecular complexity index is 1300. The average Bonchev–Trinajstić information content (AvgIpc) is 2.89. The van der Waals surface area contributed by atoms with Gasteiger partial charge in [0.15, 0.2) is 0 Å². The Morgan fingerprint density at radius 2 is 1.21 bits per heavy atom. The molecule has 0 spiro atoms. The molecule has 0 amide bonds. The van der Waals surface area contributed by atoms with Crippen LogP contribution in [0.5, 0.6) is 0 Å². The standard InChI is InChI=1S/C23H23N3.2CHF3O3S.Fe/c1-16-10-5-7-12-20(16)24-18(3)22-14-9-15-23(26-22)19(4)25-21-13-8-6-11-17(21)2;2-1(3,4)7-8(5)6;2-1(3,4)5-6-7-8;/h5-15H,1-4H3;(H,5,6);8H;/q;;;+2/p-2. The van der Waals surface area contributed by atoms with Crippen LogP contribution in [0.25, 0.3) is 0 Å². The maximum atomic E-state index is 10.8. The molecule has 1 unspecified atom stereocenters. The van der Waals surface area contributed by atoms with Crippen LogP contribution in [0.2, 0.25) is 0 Å². The number of pyridine rings is 1. The van der Waals surface area contributed by atoms with E-state index in [-0.39, 0.29) is 17.1 Å². The van der Waals surface area contributed by atoms with Crippen molar-refractivity contribution in [3.63, 3.8) is 0 Å². The molecule has 1 atom stereocenters. The van der Waals surface area contributed by atoms with Gasteiger partial charge in [-0.15, -0.1) is 31.2 Å². The second-order valence-corrected chi connectivity index (χ2v) is 8.48. The van der Waals surface area contributed by atoms with E-state index in [9.17, 15) is 26.3 Å². The number of aromatic nitrogens is 1. The van der Waals surface area contributed by atoms with Gasteiger partial charge in [0.1, 0.15) is 0 Å². The van der Waals surface area contributed by atoms with Crippen molar-refractivity contribution in [1.29, 1.82) is 0 Å². The molecule has 3 rings (SSSR count). The fourth-order valence-corrected chi connectivity index (χ4v) is 3.00. The molecule has 0 bridgehead atoms. The normalized spacial score (nSPS) is 12.7. The summed E-state index contributed by atoms with van der Waals surface area (Å²) in [4.78, 5) is 16.8. The van der Waals surface area contributed by atoms with Gasteiger partial charge in [-0.3, -0.25) is 9.98 Å². The number of halogens is 6. The third-order valence-electron chi connectivity index (χ3n) is 4.62. The largest absolute Gasteiger partial charge is 2.00 e. The van der Waals surface area contributed by atoms with Crippen molar-refractivity contribution < 1.29 is 70.6 Å². The molecule has 0 aliphatic rings. The van der Waals surface area contributed by atoms with E-state index in [2.05, 4.69) is 57.3 Å². The van der Waals surface area contributed by atoms with E-state index in [1.165, 1.54) is 0 Å². The first-order chi connectivity index (χ1) is 19.5. The first-order valence-corrected chi connectivity index (χ1v) is 12.6. The topological polar surface area (TPSA) is 115 Å². The summed E-state index contributed by atoms with van der Waals surface area (Å²) >= 11 is -0.0372. The van der Waals surface area contributed by atoms with E-state index >= 15 is 0 Å². The zero-order valence-corrected chi connectivity index (χ0v) is 25.3. The third kappa shape index (κ3) is 17.9. The van der Waals surface area contributed by atoms with Gasteiger partial charge in [0.05, 0.1) is 45.5 Å². The Kier molecular flexibility index (Phi) is 18.4. The Morgan fingerprint density at radius 3 is 1.49 bits per heavy atom. The molecule has 2 aromatic carbocycles. The zero-order chi connectivity index (χ0) is 31.9. The first-order valence-electron chi connectivity index (χ1n) is 11.3. The number of benzene rings is 2. The Morgan fingerprint density at radius 1 is 0.791 bits per heavy atom. The van der Waals surface area contributed by atoms with Crippen LogP contribution in [-0.2, 0) is 59.8 Å². The van der Waals surface area contributed by atoms with E-state index in [0.717, 1.165) is 45.3 Å². The molecule has 1 aromatic heterocycles. The molecule has 0 saturated heterocycles. The molecule has 3 aromatic rings. The second-order valence-electron chi connectivity index (χ2n) is 7.77. The molecule has 0 saturated carbocycles. The van der Waals surface area contributed by atoms with Gasteiger partial charge in [-0.05, 0) is 63.1 Å². The van der Waals surface area contributed by atoms with E-state index in [0.29, 0.717) is 0 Å². The predicted molar refractivity (Wildman–Crippen MR) is 143 cm³/mol. The number of alkyl halides is 6. The van der Waals surface area contributed by atoms with Crippen molar-refractivity contribution in [3.8, 4) is 0 Å². The first kappa shape index (κ1) is 40.3. The fraction of sp³-hybridized carbons (Fsp3) is 0.240. The minimum absolute atomic E-state index is 0.